The van der Waals surface area contributed by atoms with Crippen molar-refractivity contribution in [2.24, 2.45) is 5.92 Å². The van der Waals surface area contributed by atoms with Gasteiger partial charge in [-0.25, -0.2) is 0 Å². The summed E-state index contributed by atoms with van der Waals surface area (Å²) < 4.78 is 0. The largest absolute Gasteiger partial charge is 0.352 e. The summed E-state index contributed by atoms with van der Waals surface area (Å²) in [4.78, 5) is 41.8. The quantitative estimate of drug-likeness (QED) is 0.797. The number of likely N-dealkylation sites (N-methyl/N-ethyl adjacent to an activating group) is 1. The molecule has 3 amide bonds. The minimum Gasteiger partial charge on any atom is -0.352 e. The molecular formula is C24H31N3O3. The number of nitrogens with zero attached hydrogens (tertiary/aromatic N) is 2. The first-order valence-corrected chi connectivity index (χ1v) is 10.8. The van der Waals surface area contributed by atoms with Crippen LogP contribution in [0.3, 0.4) is 0 Å². The van der Waals surface area contributed by atoms with Crippen molar-refractivity contribution in [2.75, 3.05) is 26.2 Å². The Morgan fingerprint density at radius 1 is 1.13 bits per heavy atom. The minimum absolute atomic E-state index is 0.0368. The second-order valence-corrected chi connectivity index (χ2v) is 8.19. The first-order chi connectivity index (χ1) is 14.4. The molecule has 1 aliphatic heterocycles. The Hall–Kier alpha value is -2.89. The second kappa shape index (κ2) is 9.74. The molecule has 0 bridgehead atoms. The Morgan fingerprint density at radius 2 is 1.87 bits per heavy atom. The molecule has 2 aromatic rings. The number of hydrogen-bond acceptors (Lipinski definition) is 3. The Kier molecular flexibility index (Phi) is 7.08. The molecule has 30 heavy (non-hydrogen) atoms. The van der Waals surface area contributed by atoms with Gasteiger partial charge < -0.3 is 15.1 Å². The highest BCUT2D eigenvalue weighted by atomic mass is 16.2. The van der Waals surface area contributed by atoms with Gasteiger partial charge in [-0.15, -0.1) is 0 Å². The highest BCUT2D eigenvalue weighted by Gasteiger charge is 2.32. The van der Waals surface area contributed by atoms with Crippen LogP contribution < -0.4 is 5.32 Å². The van der Waals surface area contributed by atoms with Crippen LogP contribution in [0.25, 0.3) is 10.8 Å². The molecule has 1 atom stereocenters. The van der Waals surface area contributed by atoms with Crippen LogP contribution in [0, 0.1) is 5.92 Å². The van der Waals surface area contributed by atoms with Gasteiger partial charge in [0, 0.05) is 31.2 Å². The van der Waals surface area contributed by atoms with E-state index in [0.29, 0.717) is 25.2 Å². The molecule has 1 aliphatic rings. The van der Waals surface area contributed by atoms with Crippen LogP contribution in [0.1, 0.15) is 44.0 Å². The third-order valence-corrected chi connectivity index (χ3v) is 5.56. The van der Waals surface area contributed by atoms with Gasteiger partial charge in [-0.05, 0) is 50.5 Å². The third kappa shape index (κ3) is 4.99. The van der Waals surface area contributed by atoms with Gasteiger partial charge in [-0.2, -0.15) is 0 Å². The van der Waals surface area contributed by atoms with E-state index >= 15 is 0 Å². The van der Waals surface area contributed by atoms with Gasteiger partial charge in [0.05, 0.1) is 12.5 Å². The monoisotopic (exact) mass is 409 g/mol. The van der Waals surface area contributed by atoms with Crippen molar-refractivity contribution in [3.63, 3.8) is 0 Å². The molecule has 0 spiro atoms. The van der Waals surface area contributed by atoms with Crippen molar-refractivity contribution in [1.29, 1.82) is 0 Å². The zero-order valence-electron chi connectivity index (χ0n) is 18.1. The van der Waals surface area contributed by atoms with E-state index in [9.17, 15) is 14.4 Å². The average molecular weight is 410 g/mol. The first kappa shape index (κ1) is 21.8. The lowest BCUT2D eigenvalue weighted by Gasteiger charge is -2.35. The minimum atomic E-state index is -0.274. The van der Waals surface area contributed by atoms with Gasteiger partial charge in [-0.3, -0.25) is 14.4 Å². The van der Waals surface area contributed by atoms with E-state index < -0.39 is 0 Å². The molecule has 2 aromatic carbocycles. The number of rotatable bonds is 6. The summed E-state index contributed by atoms with van der Waals surface area (Å²) in [5.41, 5.74) is 0.671. The fourth-order valence-corrected chi connectivity index (χ4v) is 4.09. The number of piperidine rings is 1. The smallest absolute Gasteiger partial charge is 0.254 e. The van der Waals surface area contributed by atoms with Crippen LogP contribution in [0.2, 0.25) is 0 Å². The molecule has 3 rings (SSSR count). The van der Waals surface area contributed by atoms with Gasteiger partial charge in [0.1, 0.15) is 0 Å². The van der Waals surface area contributed by atoms with Gasteiger partial charge in [0.25, 0.3) is 5.91 Å². The number of amides is 3. The summed E-state index contributed by atoms with van der Waals surface area (Å²) in [5.74, 6) is -0.513. The van der Waals surface area contributed by atoms with E-state index in [1.54, 1.807) is 9.80 Å². The molecule has 0 aliphatic carbocycles. The number of fused-ring (bicyclic) bond motifs is 1. The summed E-state index contributed by atoms with van der Waals surface area (Å²) in [6.07, 6.45) is 1.52. The number of benzene rings is 2. The summed E-state index contributed by atoms with van der Waals surface area (Å²) >= 11 is 0. The van der Waals surface area contributed by atoms with Crippen molar-refractivity contribution < 1.29 is 14.4 Å². The molecule has 6 heteroatoms. The Balaban J connectivity index is 1.71. The Morgan fingerprint density at radius 3 is 2.60 bits per heavy atom. The zero-order valence-corrected chi connectivity index (χ0v) is 18.1. The zero-order chi connectivity index (χ0) is 21.7. The van der Waals surface area contributed by atoms with Crippen LogP contribution in [0.5, 0.6) is 0 Å². The van der Waals surface area contributed by atoms with Gasteiger partial charge in [0.15, 0.2) is 0 Å². The fourth-order valence-electron chi connectivity index (χ4n) is 4.09. The van der Waals surface area contributed by atoms with Crippen LogP contribution in [-0.2, 0) is 9.59 Å². The predicted molar refractivity (Wildman–Crippen MR) is 118 cm³/mol. The number of carbonyl (C=O) groups is 3. The maximum atomic E-state index is 13.3. The first-order valence-electron chi connectivity index (χ1n) is 10.8. The van der Waals surface area contributed by atoms with Crippen molar-refractivity contribution >= 4 is 28.5 Å². The van der Waals surface area contributed by atoms with Gasteiger partial charge in [0.2, 0.25) is 11.8 Å². The molecule has 0 aromatic heterocycles. The summed E-state index contributed by atoms with van der Waals surface area (Å²) in [7, 11) is 0. The molecule has 1 heterocycles. The number of nitrogens with one attached hydrogen (secondary N) is 1. The molecule has 1 N–H and O–H groups in total. The normalized spacial score (nSPS) is 16.5. The number of carbonyl (C=O) groups excluding carboxylic acids is 3. The van der Waals surface area contributed by atoms with Crippen molar-refractivity contribution in [3.8, 4) is 0 Å². The van der Waals surface area contributed by atoms with E-state index in [2.05, 4.69) is 5.32 Å². The maximum absolute atomic E-state index is 13.3. The molecule has 160 valence electrons. The van der Waals surface area contributed by atoms with E-state index in [1.165, 1.54) is 0 Å². The molecule has 1 unspecified atom stereocenters. The van der Waals surface area contributed by atoms with E-state index in [1.807, 2.05) is 63.2 Å². The molecular weight excluding hydrogens is 378 g/mol. The Labute approximate surface area is 178 Å². The van der Waals surface area contributed by atoms with Crippen molar-refractivity contribution in [3.05, 3.63) is 48.0 Å². The second-order valence-electron chi connectivity index (χ2n) is 8.19. The van der Waals surface area contributed by atoms with E-state index in [0.717, 1.165) is 23.6 Å². The summed E-state index contributed by atoms with van der Waals surface area (Å²) in [6.45, 7) is 7.23. The molecule has 6 nitrogen and oxygen atoms in total. The Bertz CT molecular complexity index is 920. The van der Waals surface area contributed by atoms with Gasteiger partial charge in [-0.1, -0.05) is 36.4 Å². The van der Waals surface area contributed by atoms with Crippen molar-refractivity contribution in [2.45, 2.75) is 39.7 Å². The van der Waals surface area contributed by atoms with Crippen LogP contribution >= 0.6 is 0 Å². The van der Waals surface area contributed by atoms with Crippen LogP contribution in [0.15, 0.2) is 42.5 Å². The average Bonchev–Trinajstić information content (AvgIpc) is 2.75. The van der Waals surface area contributed by atoms with Crippen molar-refractivity contribution in [1.82, 2.24) is 15.1 Å². The highest BCUT2D eigenvalue weighted by molar-refractivity contribution is 6.07. The van der Waals surface area contributed by atoms with E-state index in [-0.39, 0.29) is 36.2 Å². The third-order valence-electron chi connectivity index (χ3n) is 5.56. The topological polar surface area (TPSA) is 69.7 Å². The standard InChI is InChI=1S/C24H31N3O3/c1-4-26(16-22(28)25-17(2)3)23(29)19-11-8-14-27(15-19)24(30)21-13-7-10-18-9-5-6-12-20(18)21/h5-7,9-10,12-13,17,19H,4,8,11,14-16H2,1-3H3,(H,25,28). The fraction of sp³-hybridized carbons (Fsp3) is 0.458. The number of hydrogen-bond donors (Lipinski definition) is 1. The number of likely N-dealkylation sites (tertiary alicyclic amines) is 1. The van der Waals surface area contributed by atoms with Crippen LogP contribution in [0.4, 0.5) is 0 Å². The lowest BCUT2D eigenvalue weighted by molar-refractivity contribution is -0.140. The summed E-state index contributed by atoms with van der Waals surface area (Å²) in [5, 5.41) is 4.79. The SMILES string of the molecule is CCN(CC(=O)NC(C)C)C(=O)C1CCCN(C(=O)c2cccc3ccccc23)C1. The predicted octanol–water partition coefficient (Wildman–Crippen LogP) is 3.07. The molecule has 1 fully saturated rings. The summed E-state index contributed by atoms with van der Waals surface area (Å²) in [6, 6.07) is 13.6. The lowest BCUT2D eigenvalue weighted by atomic mass is 9.95. The lowest BCUT2D eigenvalue weighted by Crippen LogP contribution is -2.49. The molecule has 0 radical (unpaired) electrons. The van der Waals surface area contributed by atoms with E-state index in [4.69, 9.17) is 0 Å². The van der Waals surface area contributed by atoms with Crippen LogP contribution in [-0.4, -0.2) is 59.7 Å². The maximum Gasteiger partial charge on any atom is 0.254 e. The molecule has 0 saturated carbocycles. The van der Waals surface area contributed by atoms with Gasteiger partial charge >= 0.3 is 0 Å². The highest BCUT2D eigenvalue weighted by Crippen LogP contribution is 2.24. The molecule has 1 saturated heterocycles.